The summed E-state index contributed by atoms with van der Waals surface area (Å²) in [7, 11) is 1.62. The minimum atomic E-state index is -0.165. The van der Waals surface area contributed by atoms with Gasteiger partial charge in [0.05, 0.1) is 7.11 Å². The Labute approximate surface area is 172 Å². The van der Waals surface area contributed by atoms with Gasteiger partial charge in [-0.15, -0.1) is 0 Å². The minimum Gasteiger partial charge on any atom is -0.496 e. The molecule has 0 aliphatic rings. The topological polar surface area (TPSA) is 47.6 Å². The average Bonchev–Trinajstić information content (AvgIpc) is 2.72. The molecular weight excluding hydrogens is 362 g/mol. The van der Waals surface area contributed by atoms with Gasteiger partial charge in [-0.25, -0.2) is 0 Å². The Kier molecular flexibility index (Phi) is 6.55. The summed E-state index contributed by atoms with van der Waals surface area (Å²) in [5.41, 5.74) is 4.40. The molecule has 0 saturated heterocycles. The van der Waals surface area contributed by atoms with Crippen molar-refractivity contribution in [1.82, 2.24) is 0 Å². The van der Waals surface area contributed by atoms with Crippen LogP contribution in [0.15, 0.2) is 66.7 Å². The highest BCUT2D eigenvalue weighted by molar-refractivity contribution is 6.04. The van der Waals surface area contributed by atoms with Gasteiger partial charge in [0, 0.05) is 16.8 Å². The standard InChI is InChI=1S/C25H27NO3/c1-17(2)22-10-5-6-11-24(22)29-16-20-15-19(12-13-23(20)28-4)25(27)26-21-9-7-8-18(3)14-21/h5-15,17H,16H2,1-4H3,(H,26,27). The third kappa shape index (κ3) is 5.17. The zero-order chi connectivity index (χ0) is 20.8. The van der Waals surface area contributed by atoms with Gasteiger partial charge in [-0.05, 0) is 60.4 Å². The summed E-state index contributed by atoms with van der Waals surface area (Å²) in [6, 6.07) is 21.1. The van der Waals surface area contributed by atoms with E-state index < -0.39 is 0 Å². The largest absolute Gasteiger partial charge is 0.496 e. The molecule has 4 heteroatoms. The fraction of sp³-hybridized carbons (Fsp3) is 0.240. The molecule has 0 bridgehead atoms. The van der Waals surface area contributed by atoms with E-state index in [0.29, 0.717) is 23.8 Å². The van der Waals surface area contributed by atoms with Crippen LogP contribution in [0.25, 0.3) is 0 Å². The summed E-state index contributed by atoms with van der Waals surface area (Å²) in [6.45, 7) is 6.59. The van der Waals surface area contributed by atoms with Gasteiger partial charge in [-0.2, -0.15) is 0 Å². The maximum Gasteiger partial charge on any atom is 0.255 e. The van der Waals surface area contributed by atoms with Gasteiger partial charge in [0.1, 0.15) is 18.1 Å². The van der Waals surface area contributed by atoms with Crippen molar-refractivity contribution in [1.29, 1.82) is 0 Å². The van der Waals surface area contributed by atoms with Crippen molar-refractivity contribution < 1.29 is 14.3 Å². The Bertz CT molecular complexity index is 995. The maximum atomic E-state index is 12.7. The molecule has 3 aromatic rings. The molecule has 3 aromatic carbocycles. The first-order valence-corrected chi connectivity index (χ1v) is 9.74. The fourth-order valence-corrected chi connectivity index (χ4v) is 3.20. The highest BCUT2D eigenvalue weighted by Crippen LogP contribution is 2.28. The van der Waals surface area contributed by atoms with Crippen LogP contribution in [-0.4, -0.2) is 13.0 Å². The van der Waals surface area contributed by atoms with Crippen LogP contribution in [0.5, 0.6) is 11.5 Å². The van der Waals surface area contributed by atoms with Gasteiger partial charge in [0.2, 0.25) is 0 Å². The number of ether oxygens (including phenoxy) is 2. The first-order valence-electron chi connectivity index (χ1n) is 9.74. The summed E-state index contributed by atoms with van der Waals surface area (Å²) in [5, 5.41) is 2.94. The van der Waals surface area contributed by atoms with Gasteiger partial charge in [0.25, 0.3) is 5.91 Å². The van der Waals surface area contributed by atoms with Gasteiger partial charge < -0.3 is 14.8 Å². The Balaban J connectivity index is 1.79. The van der Waals surface area contributed by atoms with Crippen molar-refractivity contribution in [3.05, 3.63) is 89.0 Å². The Morgan fingerprint density at radius 2 is 1.76 bits per heavy atom. The van der Waals surface area contributed by atoms with Gasteiger partial charge in [-0.1, -0.05) is 44.2 Å². The van der Waals surface area contributed by atoms with Crippen molar-refractivity contribution in [2.24, 2.45) is 0 Å². The summed E-state index contributed by atoms with van der Waals surface area (Å²) in [4.78, 5) is 12.7. The number of aryl methyl sites for hydroxylation is 1. The number of benzene rings is 3. The van der Waals surface area contributed by atoms with E-state index >= 15 is 0 Å². The average molecular weight is 389 g/mol. The van der Waals surface area contributed by atoms with Crippen LogP contribution in [0.4, 0.5) is 5.69 Å². The number of hydrogen-bond acceptors (Lipinski definition) is 3. The lowest BCUT2D eigenvalue weighted by Gasteiger charge is -2.16. The van der Waals surface area contributed by atoms with E-state index in [1.54, 1.807) is 19.2 Å². The van der Waals surface area contributed by atoms with Crippen molar-refractivity contribution in [3.63, 3.8) is 0 Å². The number of para-hydroxylation sites is 1. The highest BCUT2D eigenvalue weighted by atomic mass is 16.5. The number of hydrogen-bond donors (Lipinski definition) is 1. The normalized spacial score (nSPS) is 10.7. The molecule has 0 spiro atoms. The molecule has 150 valence electrons. The summed E-state index contributed by atoms with van der Waals surface area (Å²) >= 11 is 0. The highest BCUT2D eigenvalue weighted by Gasteiger charge is 2.13. The van der Waals surface area contributed by atoms with Crippen LogP contribution in [-0.2, 0) is 6.61 Å². The van der Waals surface area contributed by atoms with Crippen LogP contribution in [0.3, 0.4) is 0 Å². The minimum absolute atomic E-state index is 0.165. The van der Waals surface area contributed by atoms with Crippen LogP contribution in [0.1, 0.15) is 46.8 Å². The van der Waals surface area contributed by atoms with E-state index in [2.05, 4.69) is 25.2 Å². The van der Waals surface area contributed by atoms with Gasteiger partial charge in [0.15, 0.2) is 0 Å². The van der Waals surface area contributed by atoms with E-state index in [4.69, 9.17) is 9.47 Å². The maximum absolute atomic E-state index is 12.7. The third-order valence-electron chi connectivity index (χ3n) is 4.74. The molecule has 0 heterocycles. The fourth-order valence-electron chi connectivity index (χ4n) is 3.20. The molecule has 0 fully saturated rings. The number of rotatable bonds is 7. The zero-order valence-electron chi connectivity index (χ0n) is 17.4. The molecule has 4 nitrogen and oxygen atoms in total. The van der Waals surface area contributed by atoms with E-state index in [1.165, 1.54) is 0 Å². The molecule has 1 N–H and O–H groups in total. The first kappa shape index (κ1) is 20.5. The first-order chi connectivity index (χ1) is 14.0. The van der Waals surface area contributed by atoms with E-state index in [0.717, 1.165) is 28.1 Å². The number of nitrogens with one attached hydrogen (secondary N) is 1. The van der Waals surface area contributed by atoms with Crippen LogP contribution in [0.2, 0.25) is 0 Å². The predicted octanol–water partition coefficient (Wildman–Crippen LogP) is 5.96. The van der Waals surface area contributed by atoms with Crippen LogP contribution >= 0.6 is 0 Å². The number of amides is 1. The van der Waals surface area contributed by atoms with Crippen molar-refractivity contribution in [2.75, 3.05) is 12.4 Å². The van der Waals surface area contributed by atoms with E-state index in [9.17, 15) is 4.79 Å². The zero-order valence-corrected chi connectivity index (χ0v) is 17.4. The molecule has 1 amide bonds. The molecule has 0 unspecified atom stereocenters. The number of carbonyl (C=O) groups is 1. The monoisotopic (exact) mass is 389 g/mol. The molecule has 29 heavy (non-hydrogen) atoms. The molecule has 0 aliphatic carbocycles. The molecule has 0 aliphatic heterocycles. The van der Waals surface area contributed by atoms with E-state index in [-0.39, 0.29) is 5.91 Å². The second-order valence-electron chi connectivity index (χ2n) is 7.33. The second-order valence-corrected chi connectivity index (χ2v) is 7.33. The van der Waals surface area contributed by atoms with Crippen LogP contribution in [0, 0.1) is 6.92 Å². The Hall–Kier alpha value is -3.27. The molecular formula is C25H27NO3. The van der Waals surface area contributed by atoms with Crippen molar-refractivity contribution >= 4 is 11.6 Å². The molecule has 0 atom stereocenters. The Morgan fingerprint density at radius 1 is 0.966 bits per heavy atom. The molecule has 3 rings (SSSR count). The van der Waals surface area contributed by atoms with E-state index in [1.807, 2.05) is 55.5 Å². The lowest BCUT2D eigenvalue weighted by molar-refractivity contribution is 0.102. The SMILES string of the molecule is COc1ccc(C(=O)Nc2cccc(C)c2)cc1COc1ccccc1C(C)C. The molecule has 0 radical (unpaired) electrons. The molecule has 0 saturated carbocycles. The Morgan fingerprint density at radius 3 is 2.48 bits per heavy atom. The summed E-state index contributed by atoms with van der Waals surface area (Å²) in [6.07, 6.45) is 0. The second kappa shape index (κ2) is 9.28. The quantitative estimate of drug-likeness (QED) is 0.542. The summed E-state index contributed by atoms with van der Waals surface area (Å²) in [5.74, 6) is 1.74. The van der Waals surface area contributed by atoms with Crippen molar-refractivity contribution in [2.45, 2.75) is 33.3 Å². The smallest absolute Gasteiger partial charge is 0.255 e. The summed E-state index contributed by atoms with van der Waals surface area (Å²) < 4.78 is 11.6. The molecule has 0 aromatic heterocycles. The van der Waals surface area contributed by atoms with Crippen LogP contribution < -0.4 is 14.8 Å². The number of methoxy groups -OCH3 is 1. The van der Waals surface area contributed by atoms with Crippen molar-refractivity contribution in [3.8, 4) is 11.5 Å². The number of anilines is 1. The number of carbonyl (C=O) groups excluding carboxylic acids is 1. The third-order valence-corrected chi connectivity index (χ3v) is 4.74. The predicted molar refractivity (Wildman–Crippen MR) is 117 cm³/mol. The van der Waals surface area contributed by atoms with Gasteiger partial charge >= 0.3 is 0 Å². The van der Waals surface area contributed by atoms with Gasteiger partial charge in [-0.3, -0.25) is 4.79 Å². The lowest BCUT2D eigenvalue weighted by Crippen LogP contribution is -2.13. The lowest BCUT2D eigenvalue weighted by atomic mass is 10.0.